The quantitative estimate of drug-likeness (QED) is 0.548. The van der Waals surface area contributed by atoms with Gasteiger partial charge in [-0.15, -0.1) is 0 Å². The maximum absolute atomic E-state index is 5.08. The van der Waals surface area contributed by atoms with Gasteiger partial charge in [0, 0.05) is 13.7 Å². The van der Waals surface area contributed by atoms with Crippen molar-refractivity contribution in [2.75, 3.05) is 26.8 Å². The van der Waals surface area contributed by atoms with Crippen molar-refractivity contribution in [3.05, 3.63) is 0 Å². The standard InChI is InChI=1S/C14H31NO/c1-5-8-14(9-6-7-10-16-4)12-15-11-13(2)3/h13-15H,5-12H2,1-4H3. The van der Waals surface area contributed by atoms with E-state index in [2.05, 4.69) is 26.1 Å². The molecule has 0 saturated carbocycles. The molecule has 0 radical (unpaired) electrons. The average Bonchev–Trinajstić information content (AvgIpc) is 2.23. The second kappa shape index (κ2) is 11.4. The molecule has 0 spiro atoms. The lowest BCUT2D eigenvalue weighted by atomic mass is 9.97. The van der Waals surface area contributed by atoms with Gasteiger partial charge in [0.05, 0.1) is 0 Å². The molecule has 0 rings (SSSR count). The molecule has 98 valence electrons. The molecule has 0 aliphatic carbocycles. The monoisotopic (exact) mass is 229 g/mol. The molecule has 1 N–H and O–H groups in total. The van der Waals surface area contributed by atoms with Gasteiger partial charge in [0.15, 0.2) is 0 Å². The van der Waals surface area contributed by atoms with Crippen LogP contribution in [0.4, 0.5) is 0 Å². The molecule has 2 heteroatoms. The fourth-order valence-electron chi connectivity index (χ4n) is 2.01. The number of hydrogen-bond donors (Lipinski definition) is 1. The average molecular weight is 229 g/mol. The lowest BCUT2D eigenvalue weighted by Gasteiger charge is -2.17. The SMILES string of the molecule is CCCC(CCCCOC)CNCC(C)C. The molecule has 0 aromatic carbocycles. The third-order valence-electron chi connectivity index (χ3n) is 2.89. The van der Waals surface area contributed by atoms with Gasteiger partial charge in [-0.1, -0.05) is 33.6 Å². The van der Waals surface area contributed by atoms with Crippen molar-refractivity contribution in [3.63, 3.8) is 0 Å². The summed E-state index contributed by atoms with van der Waals surface area (Å²) in [5, 5.41) is 3.58. The Labute approximate surface area is 102 Å². The first-order chi connectivity index (χ1) is 7.70. The number of ether oxygens (including phenoxy) is 1. The second-order valence-electron chi connectivity index (χ2n) is 5.20. The summed E-state index contributed by atoms with van der Waals surface area (Å²) in [6, 6.07) is 0. The van der Waals surface area contributed by atoms with Crippen LogP contribution in [0.3, 0.4) is 0 Å². The first kappa shape index (κ1) is 15.9. The Bertz CT molecular complexity index is 137. The summed E-state index contributed by atoms with van der Waals surface area (Å²) >= 11 is 0. The van der Waals surface area contributed by atoms with Crippen LogP contribution in [0.15, 0.2) is 0 Å². The normalized spacial score (nSPS) is 13.3. The predicted octanol–water partition coefficient (Wildman–Crippen LogP) is 3.47. The Morgan fingerprint density at radius 3 is 2.38 bits per heavy atom. The highest BCUT2D eigenvalue weighted by Crippen LogP contribution is 2.14. The zero-order chi connectivity index (χ0) is 12.2. The van der Waals surface area contributed by atoms with Crippen LogP contribution in [0.25, 0.3) is 0 Å². The van der Waals surface area contributed by atoms with Crippen LogP contribution in [0.5, 0.6) is 0 Å². The number of nitrogens with one attached hydrogen (secondary N) is 1. The van der Waals surface area contributed by atoms with Crippen LogP contribution < -0.4 is 5.32 Å². The molecule has 0 aliphatic rings. The first-order valence-electron chi connectivity index (χ1n) is 6.90. The van der Waals surface area contributed by atoms with E-state index in [1.807, 2.05) is 0 Å². The molecule has 2 nitrogen and oxygen atoms in total. The van der Waals surface area contributed by atoms with Crippen LogP contribution in [-0.4, -0.2) is 26.8 Å². The Morgan fingerprint density at radius 2 is 1.81 bits per heavy atom. The smallest absolute Gasteiger partial charge is 0.0462 e. The summed E-state index contributed by atoms with van der Waals surface area (Å²) in [7, 11) is 1.79. The van der Waals surface area contributed by atoms with E-state index in [0.29, 0.717) is 0 Å². The van der Waals surface area contributed by atoms with E-state index >= 15 is 0 Å². The molecule has 0 fully saturated rings. The molecule has 0 heterocycles. The Balaban J connectivity index is 3.53. The van der Waals surface area contributed by atoms with Crippen molar-refractivity contribution >= 4 is 0 Å². The topological polar surface area (TPSA) is 21.3 Å². The fourth-order valence-corrected chi connectivity index (χ4v) is 2.01. The van der Waals surface area contributed by atoms with Gasteiger partial charge in [0.25, 0.3) is 0 Å². The van der Waals surface area contributed by atoms with E-state index in [0.717, 1.165) is 25.0 Å². The van der Waals surface area contributed by atoms with Crippen LogP contribution in [0.1, 0.15) is 52.9 Å². The van der Waals surface area contributed by atoms with Crippen LogP contribution in [0, 0.1) is 11.8 Å². The van der Waals surface area contributed by atoms with E-state index in [4.69, 9.17) is 4.74 Å². The molecule has 0 amide bonds. The van der Waals surface area contributed by atoms with Gasteiger partial charge in [-0.3, -0.25) is 0 Å². The molecule has 0 aliphatic heterocycles. The van der Waals surface area contributed by atoms with Gasteiger partial charge in [-0.2, -0.15) is 0 Å². The highest BCUT2D eigenvalue weighted by molar-refractivity contribution is 4.63. The molecular weight excluding hydrogens is 198 g/mol. The Hall–Kier alpha value is -0.0800. The van der Waals surface area contributed by atoms with E-state index < -0.39 is 0 Å². The summed E-state index contributed by atoms with van der Waals surface area (Å²) in [4.78, 5) is 0. The lowest BCUT2D eigenvalue weighted by Crippen LogP contribution is -2.26. The summed E-state index contributed by atoms with van der Waals surface area (Å²) in [5.74, 6) is 1.62. The molecule has 0 aromatic rings. The van der Waals surface area contributed by atoms with E-state index in [1.165, 1.54) is 38.6 Å². The molecule has 1 atom stereocenters. The van der Waals surface area contributed by atoms with Crippen molar-refractivity contribution in [1.82, 2.24) is 5.32 Å². The van der Waals surface area contributed by atoms with Crippen LogP contribution in [0.2, 0.25) is 0 Å². The fraction of sp³-hybridized carbons (Fsp3) is 1.00. The van der Waals surface area contributed by atoms with Crippen LogP contribution >= 0.6 is 0 Å². The Morgan fingerprint density at radius 1 is 1.06 bits per heavy atom. The Kier molecular flexibility index (Phi) is 11.3. The lowest BCUT2D eigenvalue weighted by molar-refractivity contribution is 0.189. The van der Waals surface area contributed by atoms with Crippen molar-refractivity contribution in [2.45, 2.75) is 52.9 Å². The van der Waals surface area contributed by atoms with Gasteiger partial charge in [-0.25, -0.2) is 0 Å². The number of hydrogen-bond acceptors (Lipinski definition) is 2. The van der Waals surface area contributed by atoms with Gasteiger partial charge >= 0.3 is 0 Å². The highest BCUT2D eigenvalue weighted by Gasteiger charge is 2.07. The molecule has 0 saturated heterocycles. The minimum atomic E-state index is 0.760. The van der Waals surface area contributed by atoms with Gasteiger partial charge < -0.3 is 10.1 Å². The molecular formula is C14H31NO. The predicted molar refractivity (Wildman–Crippen MR) is 71.8 cm³/mol. The highest BCUT2D eigenvalue weighted by atomic mass is 16.5. The zero-order valence-electron chi connectivity index (χ0n) is 11.7. The molecule has 16 heavy (non-hydrogen) atoms. The third-order valence-corrected chi connectivity index (χ3v) is 2.89. The van der Waals surface area contributed by atoms with Crippen molar-refractivity contribution in [1.29, 1.82) is 0 Å². The molecule has 1 unspecified atom stereocenters. The minimum absolute atomic E-state index is 0.760. The zero-order valence-corrected chi connectivity index (χ0v) is 11.7. The van der Waals surface area contributed by atoms with Gasteiger partial charge in [0.2, 0.25) is 0 Å². The van der Waals surface area contributed by atoms with Gasteiger partial charge in [0.1, 0.15) is 0 Å². The van der Waals surface area contributed by atoms with Gasteiger partial charge in [-0.05, 0) is 44.2 Å². The number of unbranched alkanes of at least 4 members (excludes halogenated alkanes) is 1. The summed E-state index contributed by atoms with van der Waals surface area (Å²) < 4.78 is 5.08. The maximum Gasteiger partial charge on any atom is 0.0462 e. The van der Waals surface area contributed by atoms with Crippen molar-refractivity contribution in [3.8, 4) is 0 Å². The van der Waals surface area contributed by atoms with E-state index in [-0.39, 0.29) is 0 Å². The summed E-state index contributed by atoms with van der Waals surface area (Å²) in [5.41, 5.74) is 0. The third kappa shape index (κ3) is 10.4. The summed E-state index contributed by atoms with van der Waals surface area (Å²) in [6.45, 7) is 10.1. The molecule has 0 bridgehead atoms. The largest absolute Gasteiger partial charge is 0.385 e. The van der Waals surface area contributed by atoms with Crippen LogP contribution in [-0.2, 0) is 4.74 Å². The molecule has 0 aromatic heterocycles. The van der Waals surface area contributed by atoms with E-state index in [9.17, 15) is 0 Å². The van der Waals surface area contributed by atoms with E-state index in [1.54, 1.807) is 7.11 Å². The number of rotatable bonds is 11. The summed E-state index contributed by atoms with van der Waals surface area (Å²) in [6.07, 6.45) is 6.53. The number of methoxy groups -OCH3 is 1. The van der Waals surface area contributed by atoms with Crippen molar-refractivity contribution < 1.29 is 4.74 Å². The maximum atomic E-state index is 5.08. The van der Waals surface area contributed by atoms with Crippen molar-refractivity contribution in [2.24, 2.45) is 11.8 Å². The minimum Gasteiger partial charge on any atom is -0.385 e. The first-order valence-corrected chi connectivity index (χ1v) is 6.90. The second-order valence-corrected chi connectivity index (χ2v) is 5.20.